The lowest BCUT2D eigenvalue weighted by Crippen LogP contribution is -2.50. The quantitative estimate of drug-likeness (QED) is 0.429. The first kappa shape index (κ1) is 28.5. The number of carbonyl (C=O) groups excluding carboxylic acids is 2. The highest BCUT2D eigenvalue weighted by atomic mass is 16.2. The van der Waals surface area contributed by atoms with Gasteiger partial charge in [0.2, 0.25) is 11.8 Å². The third-order valence-electron chi connectivity index (χ3n) is 11.2. The van der Waals surface area contributed by atoms with E-state index < -0.39 is 0 Å². The number of benzene rings is 2. The van der Waals surface area contributed by atoms with Crippen molar-refractivity contribution in [3.8, 4) is 0 Å². The van der Waals surface area contributed by atoms with Crippen molar-refractivity contribution in [3.63, 3.8) is 0 Å². The van der Waals surface area contributed by atoms with E-state index in [1.54, 1.807) is 4.90 Å². The van der Waals surface area contributed by atoms with Crippen molar-refractivity contribution < 1.29 is 9.59 Å². The van der Waals surface area contributed by atoms with Crippen molar-refractivity contribution in [1.29, 1.82) is 0 Å². The Balaban J connectivity index is 1.03. The number of hydrogen-bond donors (Lipinski definition) is 1. The minimum absolute atomic E-state index is 0.0641. The fraction of sp³-hybridized carbons (Fsp3) is 0.571. The van der Waals surface area contributed by atoms with Crippen LogP contribution in [0.4, 0.5) is 0 Å². The van der Waals surface area contributed by atoms with Gasteiger partial charge in [-0.1, -0.05) is 42.5 Å². The molecule has 8 heteroatoms. The number of aryl methyl sites for hydroxylation is 1. The van der Waals surface area contributed by atoms with Crippen LogP contribution in [0.2, 0.25) is 0 Å². The normalized spacial score (nSPS) is 27.3. The summed E-state index contributed by atoms with van der Waals surface area (Å²) >= 11 is 0. The number of rotatable bonds is 8. The molecule has 4 aliphatic rings. The summed E-state index contributed by atoms with van der Waals surface area (Å²) in [7, 11) is 0. The molecule has 4 saturated heterocycles. The lowest BCUT2D eigenvalue weighted by molar-refractivity contribution is -0.137. The third kappa shape index (κ3) is 5.27. The van der Waals surface area contributed by atoms with Crippen molar-refractivity contribution >= 4 is 22.8 Å². The number of nitrogens with zero attached hydrogens (tertiary/aromatic N) is 5. The highest BCUT2D eigenvalue weighted by molar-refractivity contribution is 5.89. The van der Waals surface area contributed by atoms with Gasteiger partial charge in [-0.15, -0.1) is 0 Å². The zero-order valence-corrected chi connectivity index (χ0v) is 25.5. The number of nitrogens with two attached hydrogens (primary N) is 1. The minimum atomic E-state index is -0.226. The number of fused-ring (bicyclic) bond motifs is 3. The molecule has 2 amide bonds. The Morgan fingerprint density at radius 1 is 0.953 bits per heavy atom. The van der Waals surface area contributed by atoms with Crippen LogP contribution in [0.1, 0.15) is 68.8 Å². The van der Waals surface area contributed by atoms with Gasteiger partial charge in [0.05, 0.1) is 17.0 Å². The molecule has 8 nitrogen and oxygen atoms in total. The number of hydrogen-bond acceptors (Lipinski definition) is 5. The molecule has 1 unspecified atom stereocenters. The van der Waals surface area contributed by atoms with Crippen LogP contribution in [0.3, 0.4) is 0 Å². The van der Waals surface area contributed by atoms with Gasteiger partial charge in [0, 0.05) is 57.3 Å². The zero-order valence-electron chi connectivity index (χ0n) is 25.5. The van der Waals surface area contributed by atoms with Crippen molar-refractivity contribution in [2.45, 2.75) is 81.8 Å². The SMILES string of the molecule is Cc1nc2ccccc2n1[C@H]1C[C@H]2CC[C@@H](C1)N2CCC1(c2ccccc2)CCN(C(=O)C2CC(=O)N(CCN)C2)CC1. The summed E-state index contributed by atoms with van der Waals surface area (Å²) < 4.78 is 2.52. The van der Waals surface area contributed by atoms with Gasteiger partial charge in [0.25, 0.3) is 0 Å². The maximum absolute atomic E-state index is 13.5. The van der Waals surface area contributed by atoms with Crippen LogP contribution in [0.5, 0.6) is 0 Å². The Kier molecular flexibility index (Phi) is 7.76. The van der Waals surface area contributed by atoms with Gasteiger partial charge in [-0.05, 0) is 81.5 Å². The average Bonchev–Trinajstić information content (AvgIpc) is 3.65. The third-order valence-corrected chi connectivity index (χ3v) is 11.2. The Hall–Kier alpha value is -3.23. The molecular formula is C35H46N6O2. The van der Waals surface area contributed by atoms with Gasteiger partial charge in [-0.25, -0.2) is 4.98 Å². The van der Waals surface area contributed by atoms with Gasteiger partial charge >= 0.3 is 0 Å². The van der Waals surface area contributed by atoms with Crippen LogP contribution in [0.15, 0.2) is 54.6 Å². The summed E-state index contributed by atoms with van der Waals surface area (Å²) in [6, 6.07) is 21.4. The topological polar surface area (TPSA) is 87.7 Å². The molecule has 2 bridgehead atoms. The summed E-state index contributed by atoms with van der Waals surface area (Å²) in [6.07, 6.45) is 8.36. The van der Waals surface area contributed by atoms with E-state index in [9.17, 15) is 9.59 Å². The second-order valence-corrected chi connectivity index (χ2v) is 13.5. The first-order valence-corrected chi connectivity index (χ1v) is 16.5. The standard InChI is InChI=1S/C35H46N6O2/c1-25-37-31-9-5-6-10-32(31)41(25)30-22-28-11-12-29(23-30)40(28)19-15-35(27-7-3-2-4-8-27)13-17-38(18-14-35)34(43)26-21-33(42)39(24-26)20-16-36/h2-10,26,28-30H,11-24,36H2,1H3/t26?,28-,29+,30+. The van der Waals surface area contributed by atoms with Crippen molar-refractivity contribution in [3.05, 3.63) is 66.0 Å². The molecule has 0 saturated carbocycles. The molecule has 4 aliphatic heterocycles. The van der Waals surface area contributed by atoms with E-state index in [-0.39, 0.29) is 23.1 Å². The highest BCUT2D eigenvalue weighted by Gasteiger charge is 2.45. The molecule has 4 atom stereocenters. The summed E-state index contributed by atoms with van der Waals surface area (Å²) in [5.41, 5.74) is 9.55. The van der Waals surface area contributed by atoms with E-state index in [1.807, 2.05) is 4.90 Å². The van der Waals surface area contributed by atoms with E-state index in [2.05, 4.69) is 71.0 Å². The molecule has 0 spiro atoms. The number of para-hydroxylation sites is 2. The predicted octanol–water partition coefficient (Wildman–Crippen LogP) is 4.27. The summed E-state index contributed by atoms with van der Waals surface area (Å²) in [5, 5.41) is 0. The number of likely N-dealkylation sites (tertiary alicyclic amines) is 2. The Morgan fingerprint density at radius 3 is 2.37 bits per heavy atom. The molecule has 2 N–H and O–H groups in total. The Bertz CT molecular complexity index is 1450. The molecule has 4 fully saturated rings. The summed E-state index contributed by atoms with van der Waals surface area (Å²) in [6.45, 7) is 6.29. The molecule has 43 heavy (non-hydrogen) atoms. The van der Waals surface area contributed by atoms with E-state index in [0.29, 0.717) is 44.2 Å². The molecule has 3 aromatic rings. The highest BCUT2D eigenvalue weighted by Crippen LogP contribution is 2.45. The monoisotopic (exact) mass is 582 g/mol. The number of aromatic nitrogens is 2. The Labute approximate surface area is 255 Å². The van der Waals surface area contributed by atoms with Crippen LogP contribution >= 0.6 is 0 Å². The largest absolute Gasteiger partial charge is 0.342 e. The lowest BCUT2D eigenvalue weighted by Gasteiger charge is -2.46. The number of amides is 2. The van der Waals surface area contributed by atoms with Gasteiger partial charge in [0.1, 0.15) is 5.82 Å². The number of piperidine rings is 2. The summed E-state index contributed by atoms with van der Waals surface area (Å²) in [5.74, 6) is 1.13. The molecule has 5 heterocycles. The Morgan fingerprint density at radius 2 is 1.65 bits per heavy atom. The zero-order chi connectivity index (χ0) is 29.6. The van der Waals surface area contributed by atoms with E-state index >= 15 is 0 Å². The molecule has 1 aromatic heterocycles. The first-order chi connectivity index (χ1) is 21.0. The lowest BCUT2D eigenvalue weighted by atomic mass is 9.70. The maximum Gasteiger partial charge on any atom is 0.227 e. The van der Waals surface area contributed by atoms with E-state index in [4.69, 9.17) is 10.7 Å². The van der Waals surface area contributed by atoms with Crippen LogP contribution in [-0.4, -0.2) is 87.4 Å². The fourth-order valence-corrected chi connectivity index (χ4v) is 8.99. The molecule has 0 aliphatic carbocycles. The van der Waals surface area contributed by atoms with Gasteiger partial charge in [-0.2, -0.15) is 0 Å². The average molecular weight is 583 g/mol. The van der Waals surface area contributed by atoms with Gasteiger partial charge < -0.3 is 20.1 Å². The van der Waals surface area contributed by atoms with E-state index in [1.165, 1.54) is 36.8 Å². The first-order valence-electron chi connectivity index (χ1n) is 16.5. The summed E-state index contributed by atoms with van der Waals surface area (Å²) in [4.78, 5) is 37.4. The second-order valence-electron chi connectivity index (χ2n) is 13.5. The smallest absolute Gasteiger partial charge is 0.227 e. The van der Waals surface area contributed by atoms with Crippen LogP contribution in [0, 0.1) is 12.8 Å². The van der Waals surface area contributed by atoms with Crippen LogP contribution in [-0.2, 0) is 15.0 Å². The molecule has 2 aromatic carbocycles. The fourth-order valence-electron chi connectivity index (χ4n) is 8.99. The minimum Gasteiger partial charge on any atom is -0.342 e. The van der Waals surface area contributed by atoms with Crippen molar-refractivity contribution in [2.24, 2.45) is 11.7 Å². The van der Waals surface area contributed by atoms with Crippen molar-refractivity contribution in [2.75, 3.05) is 39.3 Å². The van der Waals surface area contributed by atoms with Gasteiger partial charge in [-0.3, -0.25) is 14.5 Å². The molecular weight excluding hydrogens is 536 g/mol. The maximum atomic E-state index is 13.5. The van der Waals surface area contributed by atoms with Crippen LogP contribution in [0.25, 0.3) is 11.0 Å². The number of carbonyl (C=O) groups is 2. The predicted molar refractivity (Wildman–Crippen MR) is 169 cm³/mol. The molecule has 7 rings (SSSR count). The molecule has 228 valence electrons. The second kappa shape index (κ2) is 11.7. The van der Waals surface area contributed by atoms with Crippen molar-refractivity contribution in [1.82, 2.24) is 24.3 Å². The molecule has 0 radical (unpaired) electrons. The number of imidazole rings is 1. The van der Waals surface area contributed by atoms with Crippen LogP contribution < -0.4 is 5.73 Å². The van der Waals surface area contributed by atoms with Gasteiger partial charge in [0.15, 0.2) is 0 Å². The van der Waals surface area contributed by atoms with E-state index in [0.717, 1.165) is 50.2 Å².